The summed E-state index contributed by atoms with van der Waals surface area (Å²) in [5.41, 5.74) is 1.20. The van der Waals surface area contributed by atoms with Crippen LogP contribution in [0.1, 0.15) is 0 Å². The zero-order chi connectivity index (χ0) is 14.7. The van der Waals surface area contributed by atoms with Gasteiger partial charge in [-0.05, 0) is 30.3 Å². The van der Waals surface area contributed by atoms with Gasteiger partial charge in [-0.25, -0.2) is 0 Å². The fraction of sp³-hybridized carbons (Fsp3) is 0.176. The van der Waals surface area contributed by atoms with Crippen molar-refractivity contribution in [2.45, 2.75) is 6.54 Å². The van der Waals surface area contributed by atoms with Crippen LogP contribution in [0.4, 0.5) is 0 Å². The van der Waals surface area contributed by atoms with Crippen LogP contribution in [0.2, 0.25) is 0 Å². The second kappa shape index (κ2) is 6.22. The number of hydrogen-bond acceptors (Lipinski definition) is 2. The molecule has 3 aromatic rings. The molecule has 3 rings (SSSR count). The van der Waals surface area contributed by atoms with Crippen LogP contribution in [0.5, 0.6) is 11.5 Å². The van der Waals surface area contributed by atoms with Gasteiger partial charge in [-0.15, -0.1) is 0 Å². The number of ether oxygens (including phenoxy) is 2. The lowest BCUT2D eigenvalue weighted by Crippen LogP contribution is -2.07. The van der Waals surface area contributed by atoms with E-state index in [1.165, 1.54) is 10.9 Å². The lowest BCUT2D eigenvalue weighted by molar-refractivity contribution is 0.281. The summed E-state index contributed by atoms with van der Waals surface area (Å²) in [6, 6.07) is 16.0. The van der Waals surface area contributed by atoms with Gasteiger partial charge in [0.05, 0.1) is 13.7 Å². The Kier molecular flexibility index (Phi) is 4.15. The highest BCUT2D eigenvalue weighted by Gasteiger charge is 2.05. The zero-order valence-electron chi connectivity index (χ0n) is 11.8. The fourth-order valence-corrected chi connectivity index (χ4v) is 2.86. The third kappa shape index (κ3) is 2.90. The average Bonchev–Trinajstić information content (AvgIpc) is 2.93. The standard InChI is InChI=1S/C17H16BrNO2/c1-20-16-7-2-3-8-17(16)21-12-11-19-10-9-13-14(18)5-4-6-15(13)19/h2-10H,11-12H2,1H3. The molecule has 0 bridgehead atoms. The normalized spacial score (nSPS) is 10.8. The molecule has 0 aliphatic rings. The van der Waals surface area contributed by atoms with Crippen LogP contribution in [0.3, 0.4) is 0 Å². The van der Waals surface area contributed by atoms with E-state index in [4.69, 9.17) is 9.47 Å². The summed E-state index contributed by atoms with van der Waals surface area (Å²) in [6.45, 7) is 1.38. The number of rotatable bonds is 5. The molecule has 0 radical (unpaired) electrons. The van der Waals surface area contributed by atoms with E-state index >= 15 is 0 Å². The SMILES string of the molecule is COc1ccccc1OCCn1ccc2c(Br)cccc21. The summed E-state index contributed by atoms with van der Waals surface area (Å²) in [6.07, 6.45) is 2.08. The lowest BCUT2D eigenvalue weighted by Gasteiger charge is -2.11. The van der Waals surface area contributed by atoms with Crippen LogP contribution < -0.4 is 9.47 Å². The average molecular weight is 346 g/mol. The summed E-state index contributed by atoms with van der Waals surface area (Å²) >= 11 is 3.57. The Bertz CT molecular complexity index is 751. The third-order valence-corrected chi connectivity index (χ3v) is 4.11. The minimum Gasteiger partial charge on any atom is -0.493 e. The van der Waals surface area contributed by atoms with Crippen molar-refractivity contribution < 1.29 is 9.47 Å². The Morgan fingerprint density at radius 3 is 2.62 bits per heavy atom. The third-order valence-electron chi connectivity index (χ3n) is 3.42. The molecule has 108 valence electrons. The van der Waals surface area contributed by atoms with Gasteiger partial charge in [0.1, 0.15) is 6.61 Å². The van der Waals surface area contributed by atoms with Crippen LogP contribution in [0, 0.1) is 0 Å². The van der Waals surface area contributed by atoms with Gasteiger partial charge < -0.3 is 14.0 Å². The number of nitrogens with zero attached hydrogens (tertiary/aromatic N) is 1. The summed E-state index contributed by atoms with van der Waals surface area (Å²) in [4.78, 5) is 0. The van der Waals surface area contributed by atoms with Gasteiger partial charge >= 0.3 is 0 Å². The molecule has 0 aliphatic carbocycles. The first-order chi connectivity index (χ1) is 10.3. The maximum atomic E-state index is 5.82. The molecule has 1 aromatic heterocycles. The molecular weight excluding hydrogens is 330 g/mol. The summed E-state index contributed by atoms with van der Waals surface area (Å²) in [5, 5.41) is 1.22. The van der Waals surface area contributed by atoms with Crippen LogP contribution >= 0.6 is 15.9 Å². The van der Waals surface area contributed by atoms with E-state index in [-0.39, 0.29) is 0 Å². The quantitative estimate of drug-likeness (QED) is 0.679. The predicted molar refractivity (Wildman–Crippen MR) is 88.1 cm³/mol. The van der Waals surface area contributed by atoms with E-state index in [1.807, 2.05) is 30.3 Å². The Labute approximate surface area is 132 Å². The number of halogens is 1. The van der Waals surface area contributed by atoms with Crippen molar-refractivity contribution in [3.8, 4) is 11.5 Å². The van der Waals surface area contributed by atoms with Gasteiger partial charge in [0.25, 0.3) is 0 Å². The van der Waals surface area contributed by atoms with Crippen molar-refractivity contribution in [2.24, 2.45) is 0 Å². The van der Waals surface area contributed by atoms with Crippen LogP contribution in [-0.4, -0.2) is 18.3 Å². The largest absolute Gasteiger partial charge is 0.493 e. The van der Waals surface area contributed by atoms with Gasteiger partial charge in [-0.3, -0.25) is 0 Å². The molecular formula is C17H16BrNO2. The highest BCUT2D eigenvalue weighted by molar-refractivity contribution is 9.10. The number of methoxy groups -OCH3 is 1. The molecule has 0 aliphatic heterocycles. The van der Waals surface area contributed by atoms with Crippen molar-refractivity contribution in [3.63, 3.8) is 0 Å². The van der Waals surface area contributed by atoms with Crippen molar-refractivity contribution >= 4 is 26.8 Å². The van der Waals surface area contributed by atoms with Crippen LogP contribution in [0.15, 0.2) is 59.2 Å². The molecule has 1 heterocycles. The number of benzene rings is 2. The Hall–Kier alpha value is -1.94. The lowest BCUT2D eigenvalue weighted by atomic mass is 10.2. The summed E-state index contributed by atoms with van der Waals surface area (Å²) in [7, 11) is 1.65. The topological polar surface area (TPSA) is 23.4 Å². The van der Waals surface area contributed by atoms with Gasteiger partial charge in [-0.1, -0.05) is 34.1 Å². The minimum atomic E-state index is 0.594. The molecule has 4 heteroatoms. The predicted octanol–water partition coefficient (Wildman–Crippen LogP) is 4.49. The van der Waals surface area contributed by atoms with Gasteiger partial charge in [-0.2, -0.15) is 0 Å². The molecule has 0 saturated heterocycles. The number of hydrogen-bond donors (Lipinski definition) is 0. The smallest absolute Gasteiger partial charge is 0.161 e. The Balaban J connectivity index is 1.71. The monoisotopic (exact) mass is 345 g/mol. The van der Waals surface area contributed by atoms with Crippen molar-refractivity contribution in [3.05, 3.63) is 59.2 Å². The second-order valence-corrected chi connectivity index (χ2v) is 5.54. The van der Waals surface area contributed by atoms with E-state index in [9.17, 15) is 0 Å². The number of fused-ring (bicyclic) bond motifs is 1. The molecule has 21 heavy (non-hydrogen) atoms. The highest BCUT2D eigenvalue weighted by Crippen LogP contribution is 2.27. The van der Waals surface area contributed by atoms with Gasteiger partial charge in [0.2, 0.25) is 0 Å². The fourth-order valence-electron chi connectivity index (χ4n) is 2.37. The van der Waals surface area contributed by atoms with Crippen molar-refractivity contribution in [1.82, 2.24) is 4.57 Å². The van der Waals surface area contributed by atoms with Crippen LogP contribution in [0.25, 0.3) is 10.9 Å². The first-order valence-electron chi connectivity index (χ1n) is 6.79. The van der Waals surface area contributed by atoms with Gasteiger partial charge in [0, 0.05) is 21.6 Å². The zero-order valence-corrected chi connectivity index (χ0v) is 13.3. The molecule has 0 amide bonds. The highest BCUT2D eigenvalue weighted by atomic mass is 79.9. The maximum absolute atomic E-state index is 5.82. The maximum Gasteiger partial charge on any atom is 0.161 e. The van der Waals surface area contributed by atoms with Crippen molar-refractivity contribution in [1.29, 1.82) is 0 Å². The first kappa shape index (κ1) is 14.0. The van der Waals surface area contributed by atoms with E-state index in [1.54, 1.807) is 7.11 Å². The molecule has 2 aromatic carbocycles. The molecule has 0 fully saturated rings. The van der Waals surface area contributed by atoms with Gasteiger partial charge in [0.15, 0.2) is 11.5 Å². The summed E-state index contributed by atoms with van der Waals surface area (Å²) in [5.74, 6) is 1.54. The van der Waals surface area contributed by atoms with Crippen LogP contribution in [-0.2, 0) is 6.54 Å². The molecule has 0 unspecified atom stereocenters. The molecule has 0 N–H and O–H groups in total. The van der Waals surface area contributed by atoms with Crippen molar-refractivity contribution in [2.75, 3.05) is 13.7 Å². The number of para-hydroxylation sites is 2. The van der Waals surface area contributed by atoms with E-state index in [0.717, 1.165) is 22.5 Å². The Morgan fingerprint density at radius 2 is 1.81 bits per heavy atom. The molecule has 3 nitrogen and oxygen atoms in total. The first-order valence-corrected chi connectivity index (χ1v) is 7.58. The molecule has 0 atom stereocenters. The summed E-state index contributed by atoms with van der Waals surface area (Å²) < 4.78 is 14.4. The van der Waals surface area contributed by atoms with E-state index in [0.29, 0.717) is 6.61 Å². The minimum absolute atomic E-state index is 0.594. The Morgan fingerprint density at radius 1 is 1.00 bits per heavy atom. The molecule has 0 saturated carbocycles. The number of aromatic nitrogens is 1. The second-order valence-electron chi connectivity index (χ2n) is 4.68. The molecule has 0 spiro atoms. The van der Waals surface area contributed by atoms with E-state index < -0.39 is 0 Å². The van der Waals surface area contributed by atoms with E-state index in [2.05, 4.69) is 44.9 Å².